The van der Waals surface area contributed by atoms with Crippen LogP contribution in [0.4, 0.5) is 0 Å². The number of unbranched alkanes of at least 4 members (excludes halogenated alkanes) is 2. The number of hydrogen-bond acceptors (Lipinski definition) is 5. The van der Waals surface area contributed by atoms with Crippen molar-refractivity contribution in [2.45, 2.75) is 58.2 Å². The van der Waals surface area contributed by atoms with Crippen molar-refractivity contribution < 1.29 is 9.47 Å². The fraction of sp³-hybridized carbons (Fsp3) is 0.565. The van der Waals surface area contributed by atoms with Crippen LogP contribution in [0.15, 0.2) is 46.1 Å². The first kappa shape index (κ1) is 22.3. The van der Waals surface area contributed by atoms with Crippen molar-refractivity contribution in [1.29, 1.82) is 0 Å². The van der Waals surface area contributed by atoms with E-state index in [1.54, 1.807) is 0 Å². The Labute approximate surface area is 177 Å². The molecule has 7 nitrogen and oxygen atoms in total. The van der Waals surface area contributed by atoms with Crippen LogP contribution >= 0.6 is 0 Å². The van der Waals surface area contributed by atoms with E-state index >= 15 is 0 Å². The third-order valence-electron chi connectivity index (χ3n) is 5.33. The molecule has 164 valence electrons. The number of hydrogen-bond donors (Lipinski definition) is 2. The second kappa shape index (κ2) is 11.7. The lowest BCUT2D eigenvalue weighted by atomic mass is 10.0. The fourth-order valence-electron chi connectivity index (χ4n) is 3.31. The molecule has 0 saturated heterocycles. The Morgan fingerprint density at radius 3 is 2.83 bits per heavy atom. The molecule has 7 heteroatoms. The quantitative estimate of drug-likeness (QED) is 0.463. The Morgan fingerprint density at radius 1 is 1.20 bits per heavy atom. The summed E-state index contributed by atoms with van der Waals surface area (Å²) in [7, 11) is 0. The van der Waals surface area contributed by atoms with Gasteiger partial charge in [-0.15, -0.1) is 0 Å². The van der Waals surface area contributed by atoms with Crippen LogP contribution in [-0.4, -0.2) is 29.3 Å². The normalized spacial score (nSPS) is 14.6. The minimum atomic E-state index is -0.445. The molecule has 1 aliphatic carbocycles. The van der Waals surface area contributed by atoms with Gasteiger partial charge in [-0.1, -0.05) is 19.1 Å². The van der Waals surface area contributed by atoms with Crippen molar-refractivity contribution in [3.63, 3.8) is 0 Å². The summed E-state index contributed by atoms with van der Waals surface area (Å²) in [5, 5.41) is 3.64. The first-order valence-corrected chi connectivity index (χ1v) is 11.0. The number of aromatic nitrogens is 2. The van der Waals surface area contributed by atoms with Gasteiger partial charge in [-0.05, 0) is 68.7 Å². The van der Waals surface area contributed by atoms with Crippen molar-refractivity contribution >= 4 is 0 Å². The number of aromatic amines is 1. The zero-order chi connectivity index (χ0) is 21.2. The molecule has 3 rings (SSSR count). The number of ether oxygens (including phenoxy) is 2. The molecule has 0 spiro atoms. The van der Waals surface area contributed by atoms with Gasteiger partial charge in [0.15, 0.2) is 0 Å². The van der Waals surface area contributed by atoms with E-state index in [-0.39, 0.29) is 6.73 Å². The molecule has 0 aliphatic heterocycles. The van der Waals surface area contributed by atoms with Gasteiger partial charge in [0, 0.05) is 24.9 Å². The van der Waals surface area contributed by atoms with E-state index in [9.17, 15) is 9.59 Å². The third-order valence-corrected chi connectivity index (χ3v) is 5.33. The van der Waals surface area contributed by atoms with Gasteiger partial charge in [0.1, 0.15) is 12.5 Å². The molecule has 2 N–H and O–H groups in total. The fourth-order valence-corrected chi connectivity index (χ4v) is 3.31. The SMILES string of the molecule is CC[C@@H](NCCCCCOCn1ccc(=O)[nH]c1=O)c1cccc(OCC2CC2)c1. The molecule has 30 heavy (non-hydrogen) atoms. The van der Waals surface area contributed by atoms with Crippen molar-refractivity contribution in [1.82, 2.24) is 14.9 Å². The second-order valence-electron chi connectivity index (χ2n) is 7.92. The molecule has 0 radical (unpaired) electrons. The maximum atomic E-state index is 11.6. The highest BCUT2D eigenvalue weighted by molar-refractivity contribution is 5.30. The van der Waals surface area contributed by atoms with Crippen molar-refractivity contribution in [3.05, 3.63) is 62.9 Å². The topological polar surface area (TPSA) is 85.4 Å². The molecule has 0 bridgehead atoms. The molecule has 1 heterocycles. The van der Waals surface area contributed by atoms with Gasteiger partial charge in [0.25, 0.3) is 5.56 Å². The molecule has 1 aromatic heterocycles. The first-order chi connectivity index (χ1) is 14.7. The third kappa shape index (κ3) is 7.46. The lowest BCUT2D eigenvalue weighted by Crippen LogP contribution is -2.29. The molecule has 1 atom stereocenters. The first-order valence-electron chi connectivity index (χ1n) is 11.0. The monoisotopic (exact) mass is 415 g/mol. The highest BCUT2D eigenvalue weighted by Gasteiger charge is 2.22. The van der Waals surface area contributed by atoms with E-state index in [2.05, 4.69) is 35.4 Å². The van der Waals surface area contributed by atoms with Crippen LogP contribution in [-0.2, 0) is 11.5 Å². The van der Waals surface area contributed by atoms with Gasteiger partial charge in [0.05, 0.1) is 6.61 Å². The van der Waals surface area contributed by atoms with Crippen LogP contribution < -0.4 is 21.3 Å². The van der Waals surface area contributed by atoms with E-state index in [4.69, 9.17) is 9.47 Å². The number of benzene rings is 1. The van der Waals surface area contributed by atoms with E-state index in [1.807, 2.05) is 6.07 Å². The van der Waals surface area contributed by atoms with Crippen LogP contribution in [0.25, 0.3) is 0 Å². The number of H-pyrrole nitrogens is 1. The van der Waals surface area contributed by atoms with E-state index in [0.717, 1.165) is 50.5 Å². The Bertz CT molecular complexity index is 888. The van der Waals surface area contributed by atoms with Gasteiger partial charge in [-0.2, -0.15) is 0 Å². The van der Waals surface area contributed by atoms with Crippen molar-refractivity contribution in [3.8, 4) is 5.75 Å². The Morgan fingerprint density at radius 2 is 2.07 bits per heavy atom. The summed E-state index contributed by atoms with van der Waals surface area (Å²) < 4.78 is 12.8. The molecule has 2 aromatic rings. The Hall–Kier alpha value is -2.38. The van der Waals surface area contributed by atoms with E-state index in [0.29, 0.717) is 12.6 Å². The summed E-state index contributed by atoms with van der Waals surface area (Å²) >= 11 is 0. The molecular weight excluding hydrogens is 382 g/mol. The molecular formula is C23H33N3O4. The second-order valence-corrected chi connectivity index (χ2v) is 7.92. The summed E-state index contributed by atoms with van der Waals surface area (Å²) in [4.78, 5) is 24.8. The number of rotatable bonds is 14. The summed E-state index contributed by atoms with van der Waals surface area (Å²) in [5.41, 5.74) is 0.437. The number of nitrogens with one attached hydrogen (secondary N) is 2. The van der Waals surface area contributed by atoms with Crippen molar-refractivity contribution in [2.75, 3.05) is 19.8 Å². The largest absolute Gasteiger partial charge is 0.493 e. The van der Waals surface area contributed by atoms with Gasteiger partial charge in [-0.3, -0.25) is 14.3 Å². The lowest BCUT2D eigenvalue weighted by molar-refractivity contribution is 0.0707. The van der Waals surface area contributed by atoms with Crippen LogP contribution in [0.3, 0.4) is 0 Å². The lowest BCUT2D eigenvalue weighted by Gasteiger charge is -2.18. The standard InChI is InChI=1S/C23H33N3O4/c1-2-21(19-7-6-8-20(15-19)30-16-18-9-10-18)24-12-4-3-5-14-29-17-26-13-11-22(27)25-23(26)28/h6-8,11,13,15,18,21,24H,2-5,9-10,12,14,16-17H2,1H3,(H,25,27,28)/t21-/m1/s1. The van der Waals surface area contributed by atoms with Crippen LogP contribution in [0.5, 0.6) is 5.75 Å². The van der Waals surface area contributed by atoms with E-state index < -0.39 is 11.2 Å². The predicted molar refractivity (Wildman–Crippen MR) is 117 cm³/mol. The molecule has 1 saturated carbocycles. The summed E-state index contributed by atoms with van der Waals surface area (Å²) in [6.45, 7) is 4.73. The Kier molecular flexibility index (Phi) is 8.71. The predicted octanol–water partition coefficient (Wildman–Crippen LogP) is 3.21. The smallest absolute Gasteiger partial charge is 0.330 e. The van der Waals surface area contributed by atoms with E-state index in [1.165, 1.54) is 35.2 Å². The maximum Gasteiger partial charge on any atom is 0.330 e. The molecule has 1 aliphatic rings. The van der Waals surface area contributed by atoms with Crippen LogP contribution in [0.1, 0.15) is 57.1 Å². The average Bonchev–Trinajstić information content (AvgIpc) is 3.57. The van der Waals surface area contributed by atoms with Crippen molar-refractivity contribution in [2.24, 2.45) is 5.92 Å². The molecule has 1 fully saturated rings. The zero-order valence-electron chi connectivity index (χ0n) is 17.8. The van der Waals surface area contributed by atoms with Gasteiger partial charge < -0.3 is 14.8 Å². The molecule has 0 amide bonds. The van der Waals surface area contributed by atoms with Gasteiger partial charge in [-0.25, -0.2) is 4.79 Å². The minimum absolute atomic E-state index is 0.158. The summed E-state index contributed by atoms with van der Waals surface area (Å²) in [6, 6.07) is 10.1. The average molecular weight is 416 g/mol. The van der Waals surface area contributed by atoms with Crippen LogP contribution in [0.2, 0.25) is 0 Å². The summed E-state index contributed by atoms with van der Waals surface area (Å²) in [5.74, 6) is 1.73. The Balaban J connectivity index is 1.29. The zero-order valence-corrected chi connectivity index (χ0v) is 17.8. The highest BCUT2D eigenvalue weighted by atomic mass is 16.5. The minimum Gasteiger partial charge on any atom is -0.493 e. The summed E-state index contributed by atoms with van der Waals surface area (Å²) in [6.07, 6.45) is 8.13. The van der Waals surface area contributed by atoms with Gasteiger partial charge in [0.2, 0.25) is 0 Å². The number of nitrogens with zero attached hydrogens (tertiary/aromatic N) is 1. The van der Waals surface area contributed by atoms with Gasteiger partial charge >= 0.3 is 5.69 Å². The van der Waals surface area contributed by atoms with Crippen LogP contribution in [0, 0.1) is 5.92 Å². The maximum absolute atomic E-state index is 11.6. The molecule has 1 aromatic carbocycles. The molecule has 0 unspecified atom stereocenters. The highest BCUT2D eigenvalue weighted by Crippen LogP contribution is 2.30.